The summed E-state index contributed by atoms with van der Waals surface area (Å²) in [4.78, 5) is 29.8. The fourth-order valence-electron chi connectivity index (χ4n) is 3.96. The van der Waals surface area contributed by atoms with Gasteiger partial charge < -0.3 is 19.7 Å². The Morgan fingerprint density at radius 2 is 1.77 bits per heavy atom. The molecular formula is C24H15NO6. The summed E-state index contributed by atoms with van der Waals surface area (Å²) < 4.78 is 6.11. The van der Waals surface area contributed by atoms with E-state index in [2.05, 4.69) is 4.98 Å². The van der Waals surface area contributed by atoms with Gasteiger partial charge in [-0.1, -0.05) is 24.3 Å². The fraction of sp³-hybridized carbons (Fsp3) is 0.0417. The van der Waals surface area contributed by atoms with E-state index in [1.807, 2.05) is 0 Å². The number of rotatable bonds is 2. The van der Waals surface area contributed by atoms with Crippen LogP contribution in [0.15, 0.2) is 70.0 Å². The number of hydrogen-bond donors (Lipinski definition) is 3. The Labute approximate surface area is 175 Å². The van der Waals surface area contributed by atoms with Crippen LogP contribution in [0.5, 0.6) is 11.5 Å². The second-order valence-corrected chi connectivity index (χ2v) is 7.21. The molecule has 152 valence electrons. The van der Waals surface area contributed by atoms with Gasteiger partial charge in [0, 0.05) is 6.07 Å². The highest BCUT2D eigenvalue weighted by atomic mass is 16.4. The van der Waals surface area contributed by atoms with Crippen LogP contribution in [0.4, 0.5) is 0 Å². The third-order valence-electron chi connectivity index (χ3n) is 5.35. The van der Waals surface area contributed by atoms with Crippen LogP contribution >= 0.6 is 0 Å². The SMILES string of the molecule is O=C(O)C1=Cc2c(oc3cc(O)ccc3c2=O)C(c2ccc(O)cn2)c2ccccc21. The van der Waals surface area contributed by atoms with Crippen LogP contribution in [0, 0.1) is 0 Å². The lowest BCUT2D eigenvalue weighted by atomic mass is 9.87. The summed E-state index contributed by atoms with van der Waals surface area (Å²) in [6, 6.07) is 14.1. The lowest BCUT2D eigenvalue weighted by molar-refractivity contribution is -0.130. The Kier molecular flexibility index (Phi) is 4.11. The minimum Gasteiger partial charge on any atom is -0.508 e. The van der Waals surface area contributed by atoms with Gasteiger partial charge in [0.1, 0.15) is 22.8 Å². The number of pyridine rings is 1. The first-order chi connectivity index (χ1) is 14.9. The van der Waals surface area contributed by atoms with E-state index in [-0.39, 0.29) is 39.4 Å². The molecule has 4 aromatic rings. The number of carbonyl (C=O) groups is 1. The Morgan fingerprint density at radius 3 is 2.52 bits per heavy atom. The second-order valence-electron chi connectivity index (χ2n) is 7.21. The van der Waals surface area contributed by atoms with E-state index in [1.54, 1.807) is 30.3 Å². The molecule has 0 saturated heterocycles. The Hall–Kier alpha value is -4.39. The van der Waals surface area contributed by atoms with Crippen molar-refractivity contribution in [1.29, 1.82) is 0 Å². The molecule has 0 spiro atoms. The van der Waals surface area contributed by atoms with Gasteiger partial charge in [-0.15, -0.1) is 0 Å². The maximum Gasteiger partial charge on any atom is 0.336 e. The van der Waals surface area contributed by atoms with Crippen molar-refractivity contribution in [3.8, 4) is 11.5 Å². The highest BCUT2D eigenvalue weighted by Gasteiger charge is 2.33. The van der Waals surface area contributed by atoms with Crippen molar-refractivity contribution < 1.29 is 24.5 Å². The zero-order valence-electron chi connectivity index (χ0n) is 15.9. The number of nitrogens with zero attached hydrogens (tertiary/aromatic N) is 1. The smallest absolute Gasteiger partial charge is 0.336 e. The van der Waals surface area contributed by atoms with E-state index in [0.717, 1.165) is 0 Å². The summed E-state index contributed by atoms with van der Waals surface area (Å²) in [6.07, 6.45) is 2.61. The van der Waals surface area contributed by atoms with Crippen molar-refractivity contribution in [1.82, 2.24) is 4.98 Å². The molecule has 0 fully saturated rings. The van der Waals surface area contributed by atoms with Crippen LogP contribution in [0.3, 0.4) is 0 Å². The molecule has 2 aromatic heterocycles. The maximum atomic E-state index is 13.3. The number of benzene rings is 2. The Balaban J connectivity index is 1.94. The molecule has 3 N–H and O–H groups in total. The van der Waals surface area contributed by atoms with E-state index in [4.69, 9.17) is 4.42 Å². The number of carboxylic acids is 1. The predicted octanol–water partition coefficient (Wildman–Crippen LogP) is 3.72. The number of hydrogen-bond acceptors (Lipinski definition) is 6. The fourth-order valence-corrected chi connectivity index (χ4v) is 3.96. The number of fused-ring (bicyclic) bond motifs is 3. The van der Waals surface area contributed by atoms with Crippen LogP contribution in [0.1, 0.15) is 34.1 Å². The molecule has 2 heterocycles. The third kappa shape index (κ3) is 2.95. The molecule has 1 aliphatic carbocycles. The summed E-state index contributed by atoms with van der Waals surface area (Å²) in [5.41, 5.74) is 1.33. The summed E-state index contributed by atoms with van der Waals surface area (Å²) in [6.45, 7) is 0. The van der Waals surface area contributed by atoms with Gasteiger partial charge in [0.05, 0.1) is 34.3 Å². The molecule has 0 radical (unpaired) electrons. The largest absolute Gasteiger partial charge is 0.508 e. The van der Waals surface area contributed by atoms with E-state index in [1.165, 1.54) is 36.5 Å². The van der Waals surface area contributed by atoms with Crippen LogP contribution in [-0.4, -0.2) is 26.3 Å². The molecule has 2 aromatic carbocycles. The normalized spacial score (nSPS) is 15.0. The second kappa shape index (κ2) is 6.84. The van der Waals surface area contributed by atoms with Crippen LogP contribution < -0.4 is 5.43 Å². The minimum atomic E-state index is -1.18. The van der Waals surface area contributed by atoms with Gasteiger partial charge in [0.15, 0.2) is 5.43 Å². The van der Waals surface area contributed by atoms with Crippen molar-refractivity contribution in [2.45, 2.75) is 5.92 Å². The molecule has 0 aliphatic heterocycles. The molecule has 7 heteroatoms. The molecule has 5 rings (SSSR count). The molecule has 0 bridgehead atoms. The topological polar surface area (TPSA) is 121 Å². The molecule has 7 nitrogen and oxygen atoms in total. The van der Waals surface area contributed by atoms with Crippen molar-refractivity contribution in [3.05, 3.63) is 99.2 Å². The predicted molar refractivity (Wildman–Crippen MR) is 113 cm³/mol. The summed E-state index contributed by atoms with van der Waals surface area (Å²) >= 11 is 0. The van der Waals surface area contributed by atoms with Crippen molar-refractivity contribution in [2.75, 3.05) is 0 Å². The van der Waals surface area contributed by atoms with Crippen molar-refractivity contribution in [3.63, 3.8) is 0 Å². The first-order valence-electron chi connectivity index (χ1n) is 9.43. The van der Waals surface area contributed by atoms with E-state index >= 15 is 0 Å². The number of aromatic hydroxyl groups is 2. The van der Waals surface area contributed by atoms with Gasteiger partial charge in [-0.3, -0.25) is 9.78 Å². The van der Waals surface area contributed by atoms with Gasteiger partial charge in [0.25, 0.3) is 0 Å². The number of aromatic nitrogens is 1. The highest BCUT2D eigenvalue weighted by Crippen LogP contribution is 2.41. The van der Waals surface area contributed by atoms with Gasteiger partial charge in [-0.2, -0.15) is 0 Å². The van der Waals surface area contributed by atoms with E-state index < -0.39 is 17.3 Å². The Bertz CT molecular complexity index is 1450. The van der Waals surface area contributed by atoms with Gasteiger partial charge in [0.2, 0.25) is 0 Å². The van der Waals surface area contributed by atoms with E-state index in [0.29, 0.717) is 16.8 Å². The number of phenols is 1. The monoisotopic (exact) mass is 413 g/mol. The maximum absolute atomic E-state index is 13.3. The molecule has 1 aliphatic rings. The lowest BCUT2D eigenvalue weighted by Gasteiger charge is -2.19. The zero-order valence-corrected chi connectivity index (χ0v) is 15.9. The van der Waals surface area contributed by atoms with Crippen LogP contribution in [0.25, 0.3) is 22.6 Å². The average Bonchev–Trinajstić information content (AvgIpc) is 2.89. The summed E-state index contributed by atoms with van der Waals surface area (Å²) in [5.74, 6) is -1.77. The summed E-state index contributed by atoms with van der Waals surface area (Å²) in [5, 5.41) is 29.7. The molecule has 0 saturated carbocycles. The summed E-state index contributed by atoms with van der Waals surface area (Å²) in [7, 11) is 0. The Morgan fingerprint density at radius 1 is 1.00 bits per heavy atom. The van der Waals surface area contributed by atoms with Gasteiger partial charge in [-0.05, 0) is 41.5 Å². The zero-order chi connectivity index (χ0) is 21.7. The van der Waals surface area contributed by atoms with Crippen LogP contribution in [-0.2, 0) is 4.79 Å². The minimum absolute atomic E-state index is 0.0277. The molecular weight excluding hydrogens is 398 g/mol. The third-order valence-corrected chi connectivity index (χ3v) is 5.35. The molecule has 1 unspecified atom stereocenters. The van der Waals surface area contributed by atoms with E-state index in [9.17, 15) is 24.9 Å². The highest BCUT2D eigenvalue weighted by molar-refractivity contribution is 6.21. The molecule has 31 heavy (non-hydrogen) atoms. The number of carboxylic acid groups (broad SMARTS) is 1. The van der Waals surface area contributed by atoms with Gasteiger partial charge >= 0.3 is 5.97 Å². The molecule has 1 atom stereocenters. The molecule has 0 amide bonds. The lowest BCUT2D eigenvalue weighted by Crippen LogP contribution is -2.14. The average molecular weight is 413 g/mol. The first kappa shape index (κ1) is 18.6. The van der Waals surface area contributed by atoms with Gasteiger partial charge in [-0.25, -0.2) is 4.79 Å². The number of aliphatic carboxylic acids is 1. The van der Waals surface area contributed by atoms with Crippen LogP contribution in [0.2, 0.25) is 0 Å². The van der Waals surface area contributed by atoms with Crippen molar-refractivity contribution in [2.24, 2.45) is 0 Å². The standard InChI is InChI=1S/C24H15NO6/c26-12-5-7-16-20(9-12)31-23-18(22(16)28)10-17(24(29)30)14-3-1-2-4-15(14)21(23)19-8-6-13(27)11-25-19/h1-11,21,26-27H,(H,29,30). The number of phenolic OH excluding ortho intramolecular Hbond substituents is 1. The quantitative estimate of drug-likeness (QED) is 0.458. The first-order valence-corrected chi connectivity index (χ1v) is 9.43. The van der Waals surface area contributed by atoms with Crippen molar-refractivity contribution >= 4 is 28.6 Å².